The molecule has 0 aliphatic heterocycles. The molecule has 114 valence electrons. The molecule has 0 saturated heterocycles. The van der Waals surface area contributed by atoms with Crippen LogP contribution in [-0.4, -0.2) is 31.6 Å². The third-order valence-electron chi connectivity index (χ3n) is 3.12. The zero-order valence-corrected chi connectivity index (χ0v) is 12.9. The van der Waals surface area contributed by atoms with Crippen LogP contribution in [0.25, 0.3) is 0 Å². The third kappa shape index (κ3) is 4.05. The highest BCUT2D eigenvalue weighted by Crippen LogP contribution is 2.21. The average molecular weight is 309 g/mol. The Morgan fingerprint density at radius 2 is 2.19 bits per heavy atom. The molecule has 21 heavy (non-hydrogen) atoms. The van der Waals surface area contributed by atoms with Crippen molar-refractivity contribution in [2.75, 3.05) is 13.7 Å². The van der Waals surface area contributed by atoms with E-state index in [9.17, 15) is 8.42 Å². The smallest absolute Gasteiger partial charge is 0.240 e. The summed E-state index contributed by atoms with van der Waals surface area (Å²) in [6, 6.07) is 4.82. The van der Waals surface area contributed by atoms with Gasteiger partial charge in [0.25, 0.3) is 0 Å². The highest BCUT2D eigenvalue weighted by atomic mass is 32.2. The van der Waals surface area contributed by atoms with Crippen molar-refractivity contribution in [3.63, 3.8) is 0 Å². The second kappa shape index (κ2) is 6.73. The van der Waals surface area contributed by atoms with E-state index in [2.05, 4.69) is 9.71 Å². The first-order chi connectivity index (χ1) is 10.0. The molecule has 0 atom stereocenters. The predicted molar refractivity (Wildman–Crippen MR) is 79.8 cm³/mol. The minimum absolute atomic E-state index is 0.253. The molecule has 0 amide bonds. The largest absolute Gasteiger partial charge is 0.496 e. The Bertz CT molecular complexity index is 681. The molecule has 1 N–H and O–H groups in total. The lowest BCUT2D eigenvalue weighted by atomic mass is 10.2. The van der Waals surface area contributed by atoms with Crippen LogP contribution in [0.5, 0.6) is 5.75 Å². The maximum Gasteiger partial charge on any atom is 0.240 e. The molecule has 0 spiro atoms. The molecule has 0 saturated carbocycles. The predicted octanol–water partition coefficient (Wildman–Crippen LogP) is 1.57. The summed E-state index contributed by atoms with van der Waals surface area (Å²) in [6.07, 6.45) is 5.96. The number of sulfonamides is 1. The number of benzene rings is 1. The van der Waals surface area contributed by atoms with Crippen LogP contribution in [0.1, 0.15) is 12.0 Å². The van der Waals surface area contributed by atoms with Crippen molar-refractivity contribution in [1.82, 2.24) is 14.3 Å². The molecule has 2 rings (SSSR count). The molecule has 1 heterocycles. The second-order valence-corrected chi connectivity index (χ2v) is 6.45. The van der Waals surface area contributed by atoms with Gasteiger partial charge in [0.15, 0.2) is 0 Å². The number of ether oxygens (including phenoxy) is 1. The Labute approximate surface area is 124 Å². The summed E-state index contributed by atoms with van der Waals surface area (Å²) in [5.41, 5.74) is 0.791. The molecule has 6 nitrogen and oxygen atoms in total. The van der Waals surface area contributed by atoms with Gasteiger partial charge in [0.2, 0.25) is 10.0 Å². The van der Waals surface area contributed by atoms with Crippen LogP contribution >= 0.6 is 0 Å². The number of hydrogen-bond donors (Lipinski definition) is 1. The number of imidazole rings is 1. The van der Waals surface area contributed by atoms with Crippen LogP contribution in [0.15, 0.2) is 41.8 Å². The van der Waals surface area contributed by atoms with E-state index in [0.717, 1.165) is 12.1 Å². The number of nitrogens with zero attached hydrogens (tertiary/aromatic N) is 2. The van der Waals surface area contributed by atoms with Crippen molar-refractivity contribution in [2.45, 2.75) is 24.8 Å². The molecule has 1 aromatic heterocycles. The number of rotatable bonds is 7. The molecule has 2 aromatic rings. The number of aromatic nitrogens is 2. The van der Waals surface area contributed by atoms with Crippen molar-refractivity contribution >= 4 is 10.0 Å². The van der Waals surface area contributed by atoms with Gasteiger partial charge in [0.05, 0.1) is 18.3 Å². The van der Waals surface area contributed by atoms with Crippen LogP contribution < -0.4 is 9.46 Å². The molecule has 0 bridgehead atoms. The Morgan fingerprint density at radius 3 is 2.81 bits per heavy atom. The standard InChI is InChI=1S/C14H19N3O3S/c1-12-10-13(4-5-14(12)20-2)21(18,19)16-6-3-8-17-9-7-15-11-17/h4-5,7,9-11,16H,3,6,8H2,1-2H3. The molecular weight excluding hydrogens is 290 g/mol. The Kier molecular flexibility index (Phi) is 4.98. The fraction of sp³-hybridized carbons (Fsp3) is 0.357. The lowest BCUT2D eigenvalue weighted by Gasteiger charge is -2.10. The van der Waals surface area contributed by atoms with Crippen molar-refractivity contribution in [2.24, 2.45) is 0 Å². The number of hydrogen-bond acceptors (Lipinski definition) is 4. The summed E-state index contributed by atoms with van der Waals surface area (Å²) in [5.74, 6) is 0.675. The molecule has 0 aliphatic rings. The molecular formula is C14H19N3O3S. The monoisotopic (exact) mass is 309 g/mol. The molecule has 1 aromatic carbocycles. The summed E-state index contributed by atoms with van der Waals surface area (Å²) in [6.45, 7) is 2.92. The molecule has 0 fully saturated rings. The van der Waals surface area contributed by atoms with Gasteiger partial charge in [0.1, 0.15) is 5.75 Å². The molecule has 7 heteroatoms. The van der Waals surface area contributed by atoms with Gasteiger partial charge in [-0.25, -0.2) is 18.1 Å². The van der Waals surface area contributed by atoms with E-state index in [0.29, 0.717) is 18.7 Å². The van der Waals surface area contributed by atoms with Crippen LogP contribution in [0.4, 0.5) is 0 Å². The second-order valence-electron chi connectivity index (χ2n) is 4.68. The van der Waals surface area contributed by atoms with E-state index in [-0.39, 0.29) is 4.90 Å². The van der Waals surface area contributed by atoms with Gasteiger partial charge in [-0.1, -0.05) is 0 Å². The Morgan fingerprint density at radius 1 is 1.38 bits per heavy atom. The van der Waals surface area contributed by atoms with Crippen molar-refractivity contribution in [3.05, 3.63) is 42.5 Å². The van der Waals surface area contributed by atoms with Gasteiger partial charge in [0, 0.05) is 25.5 Å². The minimum atomic E-state index is -3.48. The van der Waals surface area contributed by atoms with Crippen LogP contribution in [0, 0.1) is 6.92 Å². The van der Waals surface area contributed by atoms with Crippen molar-refractivity contribution in [1.29, 1.82) is 0 Å². The van der Waals surface area contributed by atoms with Gasteiger partial charge in [-0.15, -0.1) is 0 Å². The van der Waals surface area contributed by atoms with E-state index >= 15 is 0 Å². The molecule has 0 radical (unpaired) electrons. The normalized spacial score (nSPS) is 11.5. The zero-order chi connectivity index (χ0) is 15.3. The summed E-state index contributed by atoms with van der Waals surface area (Å²) in [7, 11) is -1.92. The lowest BCUT2D eigenvalue weighted by molar-refractivity contribution is 0.411. The van der Waals surface area contributed by atoms with Gasteiger partial charge >= 0.3 is 0 Å². The highest BCUT2D eigenvalue weighted by molar-refractivity contribution is 7.89. The van der Waals surface area contributed by atoms with Gasteiger partial charge in [-0.05, 0) is 37.1 Å². The zero-order valence-electron chi connectivity index (χ0n) is 12.1. The summed E-state index contributed by atoms with van der Waals surface area (Å²) >= 11 is 0. The average Bonchev–Trinajstić information content (AvgIpc) is 2.97. The van der Waals surface area contributed by atoms with Crippen molar-refractivity contribution in [3.8, 4) is 5.75 Å². The Hall–Kier alpha value is -1.86. The van der Waals surface area contributed by atoms with Crippen LogP contribution in [-0.2, 0) is 16.6 Å². The summed E-state index contributed by atoms with van der Waals surface area (Å²) < 4.78 is 34.0. The molecule has 0 aliphatic carbocycles. The number of aryl methyl sites for hydroxylation is 2. The van der Waals surface area contributed by atoms with Gasteiger partial charge in [-0.3, -0.25) is 0 Å². The van der Waals surface area contributed by atoms with E-state index in [1.807, 2.05) is 17.7 Å². The van der Waals surface area contributed by atoms with E-state index in [4.69, 9.17) is 4.74 Å². The number of methoxy groups -OCH3 is 1. The summed E-state index contributed by atoms with van der Waals surface area (Å²) in [4.78, 5) is 4.19. The van der Waals surface area contributed by atoms with E-state index < -0.39 is 10.0 Å². The fourth-order valence-corrected chi connectivity index (χ4v) is 3.15. The maximum absolute atomic E-state index is 12.2. The maximum atomic E-state index is 12.2. The topological polar surface area (TPSA) is 73.2 Å². The van der Waals surface area contributed by atoms with Gasteiger partial charge in [-0.2, -0.15) is 0 Å². The minimum Gasteiger partial charge on any atom is -0.496 e. The lowest BCUT2D eigenvalue weighted by Crippen LogP contribution is -2.25. The first-order valence-electron chi connectivity index (χ1n) is 6.63. The first-order valence-corrected chi connectivity index (χ1v) is 8.11. The van der Waals surface area contributed by atoms with Gasteiger partial charge < -0.3 is 9.30 Å². The third-order valence-corrected chi connectivity index (χ3v) is 4.58. The Balaban J connectivity index is 1.93. The highest BCUT2D eigenvalue weighted by Gasteiger charge is 2.14. The summed E-state index contributed by atoms with van der Waals surface area (Å²) in [5, 5.41) is 0. The first kappa shape index (κ1) is 15.5. The van der Waals surface area contributed by atoms with E-state index in [1.54, 1.807) is 37.8 Å². The SMILES string of the molecule is COc1ccc(S(=O)(=O)NCCCn2ccnc2)cc1C. The quantitative estimate of drug-likeness (QED) is 0.788. The molecule has 0 unspecified atom stereocenters. The van der Waals surface area contributed by atoms with Crippen LogP contribution in [0.2, 0.25) is 0 Å². The van der Waals surface area contributed by atoms with E-state index in [1.165, 1.54) is 0 Å². The fourth-order valence-electron chi connectivity index (χ4n) is 1.99. The van der Waals surface area contributed by atoms with Crippen molar-refractivity contribution < 1.29 is 13.2 Å². The van der Waals surface area contributed by atoms with Crippen LogP contribution in [0.3, 0.4) is 0 Å². The number of nitrogens with one attached hydrogen (secondary N) is 1.